The summed E-state index contributed by atoms with van der Waals surface area (Å²) in [7, 11) is 0. The number of hydrogen-bond acceptors (Lipinski definition) is 1. The summed E-state index contributed by atoms with van der Waals surface area (Å²) in [5.41, 5.74) is 0.343. The fraction of sp³-hybridized carbons (Fsp3) is 0.889. The summed E-state index contributed by atoms with van der Waals surface area (Å²) in [5, 5.41) is 0. The second kappa shape index (κ2) is 2.73. The van der Waals surface area contributed by atoms with Gasteiger partial charge in [0.05, 0.1) is 0 Å². The Morgan fingerprint density at radius 1 is 1.60 bits per heavy atom. The molecule has 0 heterocycles. The molecule has 0 aromatic carbocycles. The molecule has 0 aliphatic heterocycles. The Labute approximate surface area is 62.8 Å². The molecule has 0 saturated heterocycles. The first-order valence-electron chi connectivity index (χ1n) is 4.18. The molecular formula is C9H16O. The van der Waals surface area contributed by atoms with Gasteiger partial charge in [0, 0.05) is 12.8 Å². The minimum absolute atomic E-state index is 0.343. The summed E-state index contributed by atoms with van der Waals surface area (Å²) in [6.45, 7) is 4.41. The molecule has 58 valence electrons. The Kier molecular flexibility index (Phi) is 2.12. The van der Waals surface area contributed by atoms with Gasteiger partial charge in [0.1, 0.15) is 5.78 Å². The number of Topliss-reactive ketones (excluding diaryl/α,β-unsaturated/α-hetero) is 1. The van der Waals surface area contributed by atoms with Crippen molar-refractivity contribution in [3.63, 3.8) is 0 Å². The lowest BCUT2D eigenvalue weighted by Gasteiger charge is -2.31. The van der Waals surface area contributed by atoms with Crippen molar-refractivity contribution in [2.24, 2.45) is 5.41 Å². The fourth-order valence-corrected chi connectivity index (χ4v) is 1.67. The van der Waals surface area contributed by atoms with Crippen molar-refractivity contribution in [3.8, 4) is 0 Å². The van der Waals surface area contributed by atoms with Crippen molar-refractivity contribution >= 4 is 5.78 Å². The molecule has 0 aromatic rings. The lowest BCUT2D eigenvalue weighted by atomic mass is 9.73. The third-order valence-electron chi connectivity index (χ3n) is 2.71. The van der Waals surface area contributed by atoms with Crippen LogP contribution < -0.4 is 0 Å². The molecule has 1 fully saturated rings. The van der Waals surface area contributed by atoms with E-state index in [0.717, 1.165) is 25.7 Å². The van der Waals surface area contributed by atoms with E-state index < -0.39 is 0 Å². The molecule has 0 bridgehead atoms. The van der Waals surface area contributed by atoms with E-state index in [1.807, 2.05) is 0 Å². The van der Waals surface area contributed by atoms with E-state index >= 15 is 0 Å². The van der Waals surface area contributed by atoms with Gasteiger partial charge in [-0.3, -0.25) is 4.79 Å². The van der Waals surface area contributed by atoms with E-state index in [-0.39, 0.29) is 0 Å². The van der Waals surface area contributed by atoms with Crippen molar-refractivity contribution < 1.29 is 4.79 Å². The molecule has 0 spiro atoms. The van der Waals surface area contributed by atoms with Gasteiger partial charge in [0.2, 0.25) is 0 Å². The summed E-state index contributed by atoms with van der Waals surface area (Å²) in [6, 6.07) is 0. The van der Waals surface area contributed by atoms with E-state index in [1.54, 1.807) is 0 Å². The summed E-state index contributed by atoms with van der Waals surface area (Å²) < 4.78 is 0. The minimum atomic E-state index is 0.343. The van der Waals surface area contributed by atoms with Gasteiger partial charge >= 0.3 is 0 Å². The monoisotopic (exact) mass is 140 g/mol. The number of carbonyl (C=O) groups is 1. The lowest BCUT2D eigenvalue weighted by Crippen LogP contribution is -2.24. The normalized spacial score (nSPS) is 34.4. The Morgan fingerprint density at radius 2 is 2.30 bits per heavy atom. The van der Waals surface area contributed by atoms with Crippen LogP contribution in [0, 0.1) is 5.41 Å². The van der Waals surface area contributed by atoms with Crippen molar-refractivity contribution in [3.05, 3.63) is 0 Å². The number of hydrogen-bond donors (Lipinski definition) is 0. The average molecular weight is 140 g/mol. The van der Waals surface area contributed by atoms with Gasteiger partial charge in [0.15, 0.2) is 0 Å². The second-order valence-corrected chi connectivity index (χ2v) is 3.73. The van der Waals surface area contributed by atoms with Crippen LogP contribution in [0.2, 0.25) is 0 Å². The second-order valence-electron chi connectivity index (χ2n) is 3.73. The molecule has 1 unspecified atom stereocenters. The molecule has 0 amide bonds. The molecule has 1 rings (SSSR count). The van der Waals surface area contributed by atoms with Crippen LogP contribution in [0.5, 0.6) is 0 Å². The molecule has 1 atom stereocenters. The average Bonchev–Trinajstić information content (AvgIpc) is 1.88. The molecule has 1 heteroatoms. The molecule has 0 N–H and O–H groups in total. The molecule has 1 aliphatic rings. The van der Waals surface area contributed by atoms with E-state index in [9.17, 15) is 4.79 Å². The third kappa shape index (κ3) is 1.59. The van der Waals surface area contributed by atoms with Gasteiger partial charge < -0.3 is 0 Å². The zero-order valence-corrected chi connectivity index (χ0v) is 6.94. The van der Waals surface area contributed by atoms with Crippen LogP contribution in [-0.2, 0) is 4.79 Å². The maximum atomic E-state index is 11.0. The highest BCUT2D eigenvalue weighted by Crippen LogP contribution is 2.36. The lowest BCUT2D eigenvalue weighted by molar-refractivity contribution is -0.123. The Morgan fingerprint density at radius 3 is 2.70 bits per heavy atom. The summed E-state index contributed by atoms with van der Waals surface area (Å²) >= 11 is 0. The Bertz CT molecular complexity index is 140. The standard InChI is InChI=1S/C9H16O/c1-3-9(2)6-4-5-8(10)7-9/h3-7H2,1-2H3. The molecule has 10 heavy (non-hydrogen) atoms. The summed E-state index contributed by atoms with van der Waals surface area (Å²) in [5.74, 6) is 0.468. The van der Waals surface area contributed by atoms with Crippen molar-refractivity contribution in [2.45, 2.75) is 46.0 Å². The van der Waals surface area contributed by atoms with E-state index in [1.165, 1.54) is 6.42 Å². The Balaban J connectivity index is 2.53. The van der Waals surface area contributed by atoms with Crippen LogP contribution >= 0.6 is 0 Å². The number of ketones is 1. The van der Waals surface area contributed by atoms with Gasteiger partial charge in [-0.1, -0.05) is 20.3 Å². The van der Waals surface area contributed by atoms with Gasteiger partial charge in [-0.05, 0) is 18.3 Å². The maximum absolute atomic E-state index is 11.0. The van der Waals surface area contributed by atoms with Gasteiger partial charge in [0.25, 0.3) is 0 Å². The molecule has 0 radical (unpaired) electrons. The smallest absolute Gasteiger partial charge is 0.133 e. The first-order chi connectivity index (χ1) is 4.66. The summed E-state index contributed by atoms with van der Waals surface area (Å²) in [6.07, 6.45) is 5.16. The van der Waals surface area contributed by atoms with Crippen molar-refractivity contribution in [1.82, 2.24) is 0 Å². The predicted octanol–water partition coefficient (Wildman–Crippen LogP) is 2.55. The van der Waals surface area contributed by atoms with E-state index in [4.69, 9.17) is 0 Å². The van der Waals surface area contributed by atoms with E-state index in [2.05, 4.69) is 13.8 Å². The number of rotatable bonds is 1. The molecule has 1 nitrogen and oxygen atoms in total. The van der Waals surface area contributed by atoms with Crippen molar-refractivity contribution in [2.75, 3.05) is 0 Å². The third-order valence-corrected chi connectivity index (χ3v) is 2.71. The van der Waals surface area contributed by atoms with Crippen LogP contribution in [0.3, 0.4) is 0 Å². The van der Waals surface area contributed by atoms with Crippen LogP contribution in [0.4, 0.5) is 0 Å². The topological polar surface area (TPSA) is 17.1 Å². The largest absolute Gasteiger partial charge is 0.300 e. The first kappa shape index (κ1) is 7.77. The highest BCUT2D eigenvalue weighted by Gasteiger charge is 2.28. The molecule has 0 aromatic heterocycles. The highest BCUT2D eigenvalue weighted by atomic mass is 16.1. The van der Waals surface area contributed by atoms with Crippen molar-refractivity contribution in [1.29, 1.82) is 0 Å². The van der Waals surface area contributed by atoms with Crippen LogP contribution in [0.15, 0.2) is 0 Å². The summed E-state index contributed by atoms with van der Waals surface area (Å²) in [4.78, 5) is 11.0. The fourth-order valence-electron chi connectivity index (χ4n) is 1.67. The zero-order valence-electron chi connectivity index (χ0n) is 6.94. The Hall–Kier alpha value is -0.330. The van der Waals surface area contributed by atoms with E-state index in [0.29, 0.717) is 11.2 Å². The molecule has 1 saturated carbocycles. The SMILES string of the molecule is CCC1(C)CCCC(=O)C1. The highest BCUT2D eigenvalue weighted by molar-refractivity contribution is 5.79. The van der Waals surface area contributed by atoms with Crippen LogP contribution in [0.25, 0.3) is 0 Å². The number of carbonyl (C=O) groups excluding carboxylic acids is 1. The molecule has 1 aliphatic carbocycles. The zero-order chi connectivity index (χ0) is 7.61. The maximum Gasteiger partial charge on any atom is 0.133 e. The van der Waals surface area contributed by atoms with Gasteiger partial charge in [-0.25, -0.2) is 0 Å². The quantitative estimate of drug-likeness (QED) is 0.547. The van der Waals surface area contributed by atoms with Crippen LogP contribution in [-0.4, -0.2) is 5.78 Å². The minimum Gasteiger partial charge on any atom is -0.300 e. The molecular weight excluding hydrogens is 124 g/mol. The van der Waals surface area contributed by atoms with Gasteiger partial charge in [-0.2, -0.15) is 0 Å². The predicted molar refractivity (Wildman–Crippen MR) is 41.9 cm³/mol. The van der Waals surface area contributed by atoms with Crippen LogP contribution in [0.1, 0.15) is 46.0 Å². The first-order valence-corrected chi connectivity index (χ1v) is 4.18. The van der Waals surface area contributed by atoms with Gasteiger partial charge in [-0.15, -0.1) is 0 Å².